The molecule has 1 N–H and O–H groups in total. The van der Waals surface area contributed by atoms with Crippen LogP contribution in [0.2, 0.25) is 0 Å². The Labute approximate surface area is 115 Å². The minimum Gasteiger partial charge on any atom is -0.481 e. The lowest BCUT2D eigenvalue weighted by Crippen LogP contribution is -2.28. The van der Waals surface area contributed by atoms with Crippen LogP contribution in [0.4, 0.5) is 0 Å². The average Bonchev–Trinajstić information content (AvgIpc) is 2.77. The number of thioether (sulfide) groups is 1. The quantitative estimate of drug-likeness (QED) is 0.836. The van der Waals surface area contributed by atoms with E-state index in [4.69, 9.17) is 5.11 Å². The van der Waals surface area contributed by atoms with Gasteiger partial charge in [-0.15, -0.1) is 23.1 Å². The van der Waals surface area contributed by atoms with E-state index in [0.29, 0.717) is 12.3 Å². The summed E-state index contributed by atoms with van der Waals surface area (Å²) in [6.45, 7) is 2.44. The molecule has 0 aliphatic heterocycles. The number of nitrogens with zero attached hydrogens (tertiary/aromatic N) is 1. The molecular formula is C12H17NO3S2. The molecule has 18 heavy (non-hydrogen) atoms. The highest BCUT2D eigenvalue weighted by atomic mass is 32.2. The molecular weight excluding hydrogens is 270 g/mol. The normalized spacial score (nSPS) is 12.1. The zero-order valence-electron chi connectivity index (χ0n) is 10.5. The maximum absolute atomic E-state index is 11.8. The van der Waals surface area contributed by atoms with Crippen LogP contribution in [-0.4, -0.2) is 39.9 Å². The van der Waals surface area contributed by atoms with Crippen molar-refractivity contribution in [2.24, 2.45) is 0 Å². The van der Waals surface area contributed by atoms with E-state index in [0.717, 1.165) is 4.88 Å². The third-order valence-electron chi connectivity index (χ3n) is 2.35. The van der Waals surface area contributed by atoms with E-state index >= 15 is 0 Å². The number of carbonyl (C=O) groups is 2. The van der Waals surface area contributed by atoms with Crippen molar-refractivity contribution in [3.63, 3.8) is 0 Å². The van der Waals surface area contributed by atoms with Gasteiger partial charge in [0.15, 0.2) is 0 Å². The molecule has 0 radical (unpaired) electrons. The fraction of sp³-hybridized carbons (Fsp3) is 0.500. The van der Waals surface area contributed by atoms with Crippen molar-refractivity contribution in [3.05, 3.63) is 22.4 Å². The summed E-state index contributed by atoms with van der Waals surface area (Å²) in [6, 6.07) is 3.96. The van der Waals surface area contributed by atoms with E-state index in [1.807, 2.05) is 24.4 Å². The van der Waals surface area contributed by atoms with Gasteiger partial charge in [-0.2, -0.15) is 0 Å². The summed E-state index contributed by atoms with van der Waals surface area (Å²) in [7, 11) is 1.77. The van der Waals surface area contributed by atoms with Crippen molar-refractivity contribution in [3.8, 4) is 0 Å². The van der Waals surface area contributed by atoms with Crippen molar-refractivity contribution in [1.82, 2.24) is 4.90 Å². The van der Waals surface area contributed by atoms with Gasteiger partial charge >= 0.3 is 5.97 Å². The van der Waals surface area contributed by atoms with Gasteiger partial charge in [-0.3, -0.25) is 9.59 Å². The van der Waals surface area contributed by atoms with Gasteiger partial charge in [-0.05, 0) is 11.4 Å². The Hall–Kier alpha value is -1.01. The van der Waals surface area contributed by atoms with Gasteiger partial charge in [0.2, 0.25) is 5.91 Å². The smallest absolute Gasteiger partial charge is 0.304 e. The summed E-state index contributed by atoms with van der Waals surface area (Å²) in [6.07, 6.45) is 0.0899. The van der Waals surface area contributed by atoms with Crippen LogP contribution in [0.5, 0.6) is 0 Å². The number of thiophene rings is 1. The van der Waals surface area contributed by atoms with Gasteiger partial charge in [0.05, 0.1) is 18.7 Å². The first-order chi connectivity index (χ1) is 8.49. The predicted molar refractivity (Wildman–Crippen MR) is 75.0 cm³/mol. The summed E-state index contributed by atoms with van der Waals surface area (Å²) < 4.78 is 0. The molecule has 1 amide bonds. The maximum atomic E-state index is 11.8. The van der Waals surface area contributed by atoms with Crippen molar-refractivity contribution in [2.45, 2.75) is 25.1 Å². The zero-order chi connectivity index (χ0) is 13.5. The SMILES string of the molecule is CC(CC(=O)O)SCC(=O)N(C)Cc1cccs1. The molecule has 1 unspecified atom stereocenters. The number of carboxylic acids is 1. The van der Waals surface area contributed by atoms with Gasteiger partial charge in [0.1, 0.15) is 0 Å². The molecule has 0 spiro atoms. The number of hydrogen-bond donors (Lipinski definition) is 1. The van der Waals surface area contributed by atoms with Crippen LogP contribution in [-0.2, 0) is 16.1 Å². The number of rotatable bonds is 7. The first-order valence-corrected chi connectivity index (χ1v) is 7.51. The Bertz CT molecular complexity index is 392. The highest BCUT2D eigenvalue weighted by molar-refractivity contribution is 8.00. The van der Waals surface area contributed by atoms with E-state index in [1.54, 1.807) is 23.3 Å². The van der Waals surface area contributed by atoms with Crippen LogP contribution in [0.1, 0.15) is 18.2 Å². The molecule has 0 aliphatic carbocycles. The molecule has 100 valence electrons. The molecule has 6 heteroatoms. The Morgan fingerprint density at radius 3 is 2.83 bits per heavy atom. The molecule has 1 aromatic heterocycles. The zero-order valence-corrected chi connectivity index (χ0v) is 12.1. The Kier molecular flexibility index (Phi) is 6.21. The van der Waals surface area contributed by atoms with Crippen LogP contribution in [0, 0.1) is 0 Å². The largest absolute Gasteiger partial charge is 0.481 e. The summed E-state index contributed by atoms with van der Waals surface area (Å²) in [5.74, 6) is -0.462. The van der Waals surface area contributed by atoms with Crippen molar-refractivity contribution in [1.29, 1.82) is 0 Å². The molecule has 1 heterocycles. The molecule has 0 fully saturated rings. The molecule has 0 saturated carbocycles. The molecule has 0 bridgehead atoms. The van der Waals surface area contributed by atoms with Crippen molar-refractivity contribution < 1.29 is 14.7 Å². The van der Waals surface area contributed by atoms with Gasteiger partial charge < -0.3 is 10.0 Å². The van der Waals surface area contributed by atoms with Crippen LogP contribution in [0.3, 0.4) is 0 Å². The second-order valence-corrected chi connectivity index (χ2v) is 6.51. The summed E-state index contributed by atoms with van der Waals surface area (Å²) >= 11 is 3.01. The lowest BCUT2D eigenvalue weighted by atomic mass is 10.3. The van der Waals surface area contributed by atoms with E-state index in [2.05, 4.69) is 0 Å². The molecule has 0 saturated heterocycles. The average molecular weight is 287 g/mol. The van der Waals surface area contributed by atoms with Crippen LogP contribution in [0.25, 0.3) is 0 Å². The van der Waals surface area contributed by atoms with Crippen molar-refractivity contribution in [2.75, 3.05) is 12.8 Å². The van der Waals surface area contributed by atoms with Crippen LogP contribution in [0.15, 0.2) is 17.5 Å². The number of aliphatic carboxylic acids is 1. The topological polar surface area (TPSA) is 57.6 Å². The molecule has 1 aromatic rings. The van der Waals surface area contributed by atoms with Crippen LogP contribution < -0.4 is 0 Å². The second kappa shape index (κ2) is 7.43. The van der Waals surface area contributed by atoms with E-state index < -0.39 is 5.97 Å². The number of amides is 1. The fourth-order valence-electron chi connectivity index (χ4n) is 1.35. The minimum absolute atomic E-state index is 0.0330. The number of carbonyl (C=O) groups excluding carboxylic acids is 1. The summed E-state index contributed by atoms with van der Waals surface area (Å²) in [5.41, 5.74) is 0. The Balaban J connectivity index is 2.29. The highest BCUT2D eigenvalue weighted by Gasteiger charge is 2.14. The number of hydrogen-bond acceptors (Lipinski definition) is 4. The van der Waals surface area contributed by atoms with Gasteiger partial charge in [-0.1, -0.05) is 13.0 Å². The minimum atomic E-state index is -0.825. The van der Waals surface area contributed by atoms with E-state index in [-0.39, 0.29) is 17.6 Å². The van der Waals surface area contributed by atoms with E-state index in [9.17, 15) is 9.59 Å². The lowest BCUT2D eigenvalue weighted by Gasteiger charge is -2.17. The Morgan fingerprint density at radius 2 is 2.28 bits per heavy atom. The van der Waals surface area contributed by atoms with E-state index in [1.165, 1.54) is 11.8 Å². The van der Waals surface area contributed by atoms with Gasteiger partial charge in [0, 0.05) is 17.2 Å². The molecule has 4 nitrogen and oxygen atoms in total. The Morgan fingerprint density at radius 1 is 1.56 bits per heavy atom. The monoisotopic (exact) mass is 287 g/mol. The first kappa shape index (κ1) is 15.0. The van der Waals surface area contributed by atoms with Gasteiger partial charge in [0.25, 0.3) is 0 Å². The van der Waals surface area contributed by atoms with Crippen LogP contribution >= 0.6 is 23.1 Å². The predicted octanol–water partition coefficient (Wildman–Crippen LogP) is 2.30. The molecule has 1 atom stereocenters. The molecule has 0 aliphatic rings. The molecule has 0 aromatic carbocycles. The first-order valence-electron chi connectivity index (χ1n) is 5.58. The third kappa shape index (κ3) is 5.55. The highest BCUT2D eigenvalue weighted by Crippen LogP contribution is 2.16. The number of carboxylic acid groups (broad SMARTS) is 1. The third-order valence-corrected chi connectivity index (χ3v) is 4.36. The summed E-state index contributed by atoms with van der Waals surface area (Å²) in [5, 5.41) is 10.6. The maximum Gasteiger partial charge on any atom is 0.304 e. The second-order valence-electron chi connectivity index (χ2n) is 4.05. The van der Waals surface area contributed by atoms with Gasteiger partial charge in [-0.25, -0.2) is 0 Å². The standard InChI is InChI=1S/C12H17NO3S2/c1-9(6-12(15)16)18-8-11(14)13(2)7-10-4-3-5-17-10/h3-5,9H,6-8H2,1-2H3,(H,15,16). The molecule has 1 rings (SSSR count). The lowest BCUT2D eigenvalue weighted by molar-refractivity contribution is -0.137. The summed E-state index contributed by atoms with van der Waals surface area (Å²) in [4.78, 5) is 25.1. The fourth-order valence-corrected chi connectivity index (χ4v) is 3.02. The van der Waals surface area contributed by atoms with Crippen molar-refractivity contribution >= 4 is 35.0 Å².